The van der Waals surface area contributed by atoms with Crippen LogP contribution in [0.3, 0.4) is 0 Å². The van der Waals surface area contributed by atoms with Crippen molar-refractivity contribution in [3.8, 4) is 28.1 Å². The van der Waals surface area contributed by atoms with Crippen LogP contribution in [0.25, 0.3) is 22.4 Å². The zero-order chi connectivity index (χ0) is 13.9. The van der Waals surface area contributed by atoms with Crippen LogP contribution in [-0.2, 0) is 0 Å². The van der Waals surface area contributed by atoms with Crippen molar-refractivity contribution in [2.45, 2.75) is 0 Å². The summed E-state index contributed by atoms with van der Waals surface area (Å²) in [5, 5.41) is 6.88. The monoisotopic (exact) mass is 265 g/mol. The fourth-order valence-corrected chi connectivity index (χ4v) is 2.20. The molecule has 0 fully saturated rings. The number of nitrogens with zero attached hydrogens (tertiary/aromatic N) is 1. The van der Waals surface area contributed by atoms with E-state index in [1.807, 2.05) is 36.4 Å². The fourth-order valence-electron chi connectivity index (χ4n) is 2.20. The molecule has 0 saturated heterocycles. The molecule has 0 aliphatic rings. The molecule has 2 aromatic carbocycles. The summed E-state index contributed by atoms with van der Waals surface area (Å²) in [7, 11) is 1.68. The fraction of sp³-hybridized carbons (Fsp3) is 0.0625. The van der Waals surface area contributed by atoms with E-state index in [4.69, 9.17) is 10.5 Å². The maximum Gasteiger partial charge on any atom is 0.145 e. The van der Waals surface area contributed by atoms with Crippen LogP contribution in [0.1, 0.15) is 0 Å². The molecule has 1 aromatic heterocycles. The first-order valence-electron chi connectivity index (χ1n) is 6.32. The van der Waals surface area contributed by atoms with Crippen molar-refractivity contribution in [3.05, 3.63) is 54.6 Å². The molecule has 0 bridgehead atoms. The van der Waals surface area contributed by atoms with Crippen LogP contribution >= 0.6 is 0 Å². The zero-order valence-corrected chi connectivity index (χ0v) is 11.1. The first kappa shape index (κ1) is 12.3. The average molecular weight is 265 g/mol. The average Bonchev–Trinajstić information content (AvgIpc) is 2.94. The molecule has 0 atom stereocenters. The minimum atomic E-state index is 0.483. The SMILES string of the molecule is COc1ccc(-c2cc(N)n[nH]2)cc1-c1ccccc1. The molecule has 0 saturated carbocycles. The number of nitrogens with one attached hydrogen (secondary N) is 1. The number of nitrogens with two attached hydrogens (primary N) is 1. The second kappa shape index (κ2) is 5.09. The van der Waals surface area contributed by atoms with Crippen molar-refractivity contribution in [1.82, 2.24) is 10.2 Å². The van der Waals surface area contributed by atoms with Gasteiger partial charge in [0.25, 0.3) is 0 Å². The molecule has 0 unspecified atom stereocenters. The van der Waals surface area contributed by atoms with Crippen LogP contribution in [0.5, 0.6) is 5.75 Å². The van der Waals surface area contributed by atoms with Gasteiger partial charge < -0.3 is 10.5 Å². The molecule has 0 radical (unpaired) electrons. The number of nitrogen functional groups attached to an aromatic ring is 1. The number of hydrogen-bond donors (Lipinski definition) is 2. The van der Waals surface area contributed by atoms with Crippen molar-refractivity contribution in [1.29, 1.82) is 0 Å². The quantitative estimate of drug-likeness (QED) is 0.763. The summed E-state index contributed by atoms with van der Waals surface area (Å²) in [5.74, 6) is 1.32. The van der Waals surface area contributed by atoms with Gasteiger partial charge in [-0.2, -0.15) is 5.10 Å². The maximum atomic E-state index is 5.65. The Labute approximate surface area is 117 Å². The molecule has 3 aromatic rings. The van der Waals surface area contributed by atoms with Crippen molar-refractivity contribution in [2.24, 2.45) is 0 Å². The number of ether oxygens (including phenoxy) is 1. The van der Waals surface area contributed by atoms with Crippen LogP contribution in [0.2, 0.25) is 0 Å². The molecule has 3 rings (SSSR count). The molecule has 0 amide bonds. The Morgan fingerprint density at radius 1 is 1.00 bits per heavy atom. The van der Waals surface area contributed by atoms with Gasteiger partial charge in [-0.15, -0.1) is 0 Å². The third-order valence-corrected chi connectivity index (χ3v) is 3.19. The lowest BCUT2D eigenvalue weighted by Crippen LogP contribution is -1.89. The summed E-state index contributed by atoms with van der Waals surface area (Å²) >= 11 is 0. The Balaban J connectivity index is 2.12. The van der Waals surface area contributed by atoms with Gasteiger partial charge in [-0.05, 0) is 23.8 Å². The lowest BCUT2D eigenvalue weighted by Gasteiger charge is -2.10. The normalized spacial score (nSPS) is 10.4. The van der Waals surface area contributed by atoms with E-state index in [1.54, 1.807) is 7.11 Å². The number of hydrogen-bond acceptors (Lipinski definition) is 3. The summed E-state index contributed by atoms with van der Waals surface area (Å²) in [6.45, 7) is 0. The van der Waals surface area contributed by atoms with Gasteiger partial charge in [-0.1, -0.05) is 30.3 Å². The number of methoxy groups -OCH3 is 1. The number of aromatic amines is 1. The Bertz CT molecular complexity index is 720. The molecule has 3 N–H and O–H groups in total. The number of H-pyrrole nitrogens is 1. The van der Waals surface area contributed by atoms with E-state index in [1.165, 1.54) is 0 Å². The molecule has 0 spiro atoms. The summed E-state index contributed by atoms with van der Waals surface area (Å²) in [6.07, 6.45) is 0. The molecule has 1 heterocycles. The van der Waals surface area contributed by atoms with Gasteiger partial charge in [0.05, 0.1) is 12.8 Å². The van der Waals surface area contributed by atoms with E-state index in [9.17, 15) is 0 Å². The summed E-state index contributed by atoms with van der Waals surface area (Å²) in [5.41, 5.74) is 9.72. The van der Waals surface area contributed by atoms with Crippen molar-refractivity contribution in [2.75, 3.05) is 12.8 Å². The third kappa shape index (κ3) is 2.23. The Morgan fingerprint density at radius 3 is 2.45 bits per heavy atom. The van der Waals surface area contributed by atoms with E-state index in [0.717, 1.165) is 28.1 Å². The van der Waals surface area contributed by atoms with Gasteiger partial charge in [-0.25, -0.2) is 0 Å². The molecular formula is C16H15N3O. The largest absolute Gasteiger partial charge is 0.496 e. The molecule has 0 aliphatic heterocycles. The van der Waals surface area contributed by atoms with E-state index in [-0.39, 0.29) is 0 Å². The third-order valence-electron chi connectivity index (χ3n) is 3.19. The van der Waals surface area contributed by atoms with Gasteiger partial charge in [0, 0.05) is 17.2 Å². The van der Waals surface area contributed by atoms with E-state index in [2.05, 4.69) is 28.4 Å². The number of benzene rings is 2. The van der Waals surface area contributed by atoms with E-state index < -0.39 is 0 Å². The molecule has 4 nitrogen and oxygen atoms in total. The standard InChI is InChI=1S/C16H15N3O/c1-20-15-8-7-12(14-10-16(17)19-18-14)9-13(15)11-5-3-2-4-6-11/h2-10H,1H3,(H3,17,18,19). The van der Waals surface area contributed by atoms with Crippen LogP contribution in [0.4, 0.5) is 5.82 Å². The van der Waals surface area contributed by atoms with Crippen molar-refractivity contribution in [3.63, 3.8) is 0 Å². The van der Waals surface area contributed by atoms with Crippen LogP contribution < -0.4 is 10.5 Å². The van der Waals surface area contributed by atoms with Crippen LogP contribution in [0, 0.1) is 0 Å². The summed E-state index contributed by atoms with van der Waals surface area (Å²) in [6, 6.07) is 18.0. The van der Waals surface area contributed by atoms with Crippen molar-refractivity contribution >= 4 is 5.82 Å². The molecular weight excluding hydrogens is 250 g/mol. The summed E-state index contributed by atoms with van der Waals surface area (Å²) in [4.78, 5) is 0. The summed E-state index contributed by atoms with van der Waals surface area (Å²) < 4.78 is 5.45. The number of rotatable bonds is 3. The zero-order valence-electron chi connectivity index (χ0n) is 11.1. The minimum absolute atomic E-state index is 0.483. The van der Waals surface area contributed by atoms with E-state index in [0.29, 0.717) is 5.82 Å². The molecule has 20 heavy (non-hydrogen) atoms. The molecule has 4 heteroatoms. The molecule has 100 valence electrons. The van der Waals surface area contributed by atoms with Crippen LogP contribution in [-0.4, -0.2) is 17.3 Å². The smallest absolute Gasteiger partial charge is 0.145 e. The number of aromatic nitrogens is 2. The number of anilines is 1. The van der Waals surface area contributed by atoms with Gasteiger partial charge in [-0.3, -0.25) is 5.10 Å². The van der Waals surface area contributed by atoms with Gasteiger partial charge >= 0.3 is 0 Å². The lowest BCUT2D eigenvalue weighted by atomic mass is 10.0. The highest BCUT2D eigenvalue weighted by Crippen LogP contribution is 2.33. The first-order chi connectivity index (χ1) is 9.78. The second-order valence-electron chi connectivity index (χ2n) is 4.49. The topological polar surface area (TPSA) is 63.9 Å². The predicted octanol–water partition coefficient (Wildman–Crippen LogP) is 3.33. The Kier molecular flexibility index (Phi) is 3.13. The Morgan fingerprint density at radius 2 is 1.80 bits per heavy atom. The van der Waals surface area contributed by atoms with Gasteiger partial charge in [0.2, 0.25) is 0 Å². The second-order valence-corrected chi connectivity index (χ2v) is 4.49. The van der Waals surface area contributed by atoms with Crippen LogP contribution in [0.15, 0.2) is 54.6 Å². The highest BCUT2D eigenvalue weighted by atomic mass is 16.5. The van der Waals surface area contributed by atoms with Crippen molar-refractivity contribution < 1.29 is 4.74 Å². The van der Waals surface area contributed by atoms with E-state index >= 15 is 0 Å². The highest BCUT2D eigenvalue weighted by Gasteiger charge is 2.09. The highest BCUT2D eigenvalue weighted by molar-refractivity contribution is 5.77. The lowest BCUT2D eigenvalue weighted by molar-refractivity contribution is 0.416. The van der Waals surface area contributed by atoms with Gasteiger partial charge in [0.15, 0.2) is 0 Å². The molecule has 0 aliphatic carbocycles. The maximum absolute atomic E-state index is 5.65. The first-order valence-corrected chi connectivity index (χ1v) is 6.32. The Hall–Kier alpha value is -2.75. The minimum Gasteiger partial charge on any atom is -0.496 e. The predicted molar refractivity (Wildman–Crippen MR) is 80.4 cm³/mol. The van der Waals surface area contributed by atoms with Gasteiger partial charge in [0.1, 0.15) is 11.6 Å².